The Balaban J connectivity index is 4.33. The van der Waals surface area contributed by atoms with Crippen LogP contribution in [-0.2, 0) is 14.3 Å². The quantitative estimate of drug-likeness (QED) is 0.528. The van der Waals surface area contributed by atoms with Crippen LogP contribution < -0.4 is 0 Å². The molecule has 0 rings (SSSR count). The van der Waals surface area contributed by atoms with Gasteiger partial charge in [-0.15, -0.1) is 0 Å². The minimum atomic E-state index is -1.96. The van der Waals surface area contributed by atoms with E-state index >= 15 is 0 Å². The van der Waals surface area contributed by atoms with E-state index in [-0.39, 0.29) is 5.78 Å². The molecule has 0 aliphatic carbocycles. The summed E-state index contributed by atoms with van der Waals surface area (Å²) in [6.07, 6.45) is 3.56. The molecule has 9 heavy (non-hydrogen) atoms. The molecule has 0 aliphatic rings. The second-order valence-corrected chi connectivity index (χ2v) is 5.10. The van der Waals surface area contributed by atoms with Crippen LogP contribution in [0.25, 0.3) is 0 Å². The van der Waals surface area contributed by atoms with Gasteiger partial charge in [-0.1, -0.05) is 6.92 Å². The molecule has 0 aromatic heterocycles. The third-order valence-corrected chi connectivity index (χ3v) is 1.59. The molecule has 0 atom stereocenters. The Kier molecular flexibility index (Phi) is 2.91. The van der Waals surface area contributed by atoms with Gasteiger partial charge in [-0.05, 0) is 9.52 Å². The van der Waals surface area contributed by atoms with Crippen LogP contribution in [0.2, 0.25) is 0 Å². The summed E-state index contributed by atoms with van der Waals surface area (Å²) >= 11 is 0. The first-order valence-corrected chi connectivity index (χ1v) is 5.21. The molecule has 0 radical (unpaired) electrons. The van der Waals surface area contributed by atoms with Crippen molar-refractivity contribution in [2.24, 2.45) is 0 Å². The smallest absolute Gasteiger partial charge is 0.163 e. The number of Topliss-reactive ketones (excluding diaryl/α,β-unsaturated/α-hetero) is 1. The highest BCUT2D eigenvalue weighted by Crippen LogP contribution is 1.80. The molecular weight excluding hydrogens is 136 g/mol. The average Bonchev–Trinajstić information content (AvgIpc) is 1.62. The maximum absolute atomic E-state index is 10.9. The minimum absolute atomic E-state index is 0.0370. The van der Waals surface area contributed by atoms with Gasteiger partial charge in [-0.2, -0.15) is 0 Å². The fourth-order valence-corrected chi connectivity index (χ4v) is 1.20. The van der Waals surface area contributed by atoms with Gasteiger partial charge in [0.2, 0.25) is 0 Å². The topological polar surface area (TPSA) is 34.1 Å². The molecule has 0 bridgehead atoms. The van der Waals surface area contributed by atoms with Crippen LogP contribution in [0, 0.1) is 0 Å². The molecule has 2 nitrogen and oxygen atoms in total. The predicted octanol–water partition coefficient (Wildman–Crippen LogP) is 0.312. The first-order chi connectivity index (χ1) is 3.95. The molecule has 0 saturated carbocycles. The van der Waals surface area contributed by atoms with Crippen LogP contribution in [0.3, 0.4) is 0 Å². The monoisotopic (exact) mass is 148 g/mol. The van der Waals surface area contributed by atoms with Crippen LogP contribution in [0.4, 0.5) is 0 Å². The third-order valence-electron chi connectivity index (χ3n) is 0.764. The summed E-state index contributed by atoms with van der Waals surface area (Å²) in [5.41, 5.74) is 0. The number of hydrogen-bond acceptors (Lipinski definition) is 2. The zero-order valence-corrected chi connectivity index (χ0v) is 6.83. The van der Waals surface area contributed by atoms with Gasteiger partial charge >= 0.3 is 0 Å². The predicted molar refractivity (Wildman–Crippen MR) is 41.4 cm³/mol. The van der Waals surface area contributed by atoms with Gasteiger partial charge in [0.05, 0.1) is 0 Å². The van der Waals surface area contributed by atoms with Crippen LogP contribution in [-0.4, -0.2) is 27.9 Å². The van der Waals surface area contributed by atoms with E-state index < -0.39 is 9.52 Å². The van der Waals surface area contributed by atoms with Gasteiger partial charge in [0.15, 0.2) is 5.78 Å². The van der Waals surface area contributed by atoms with E-state index in [2.05, 4.69) is 0 Å². The Hall–Kier alpha value is -0.310. The SMILES string of the molecule is CCC(=O)C=S(C)(C)=O. The normalized spacial score (nSPS) is 11.0. The van der Waals surface area contributed by atoms with E-state index in [1.165, 1.54) is 5.37 Å². The summed E-state index contributed by atoms with van der Waals surface area (Å²) < 4.78 is 10.9. The molecule has 0 N–H and O–H groups in total. The van der Waals surface area contributed by atoms with Gasteiger partial charge < -0.3 is 0 Å². The van der Waals surface area contributed by atoms with Crippen molar-refractivity contribution in [2.75, 3.05) is 12.5 Å². The van der Waals surface area contributed by atoms with Gasteiger partial charge in [0.1, 0.15) is 0 Å². The lowest BCUT2D eigenvalue weighted by Gasteiger charge is -1.90. The van der Waals surface area contributed by atoms with Gasteiger partial charge in [0, 0.05) is 24.3 Å². The minimum Gasteiger partial charge on any atom is -0.294 e. The third kappa shape index (κ3) is 5.56. The molecular formula is C6H12O2S. The molecule has 0 spiro atoms. The highest BCUT2D eigenvalue weighted by Gasteiger charge is 1.94. The highest BCUT2D eigenvalue weighted by molar-refractivity contribution is 8.01. The lowest BCUT2D eigenvalue weighted by molar-refractivity contribution is -0.112. The molecule has 0 fully saturated rings. The van der Waals surface area contributed by atoms with Crippen LogP contribution in [0.5, 0.6) is 0 Å². The van der Waals surface area contributed by atoms with E-state index in [4.69, 9.17) is 0 Å². The summed E-state index contributed by atoms with van der Waals surface area (Å²) in [7, 11) is -1.96. The second-order valence-electron chi connectivity index (χ2n) is 2.25. The number of carbonyl (C=O) groups excluding carboxylic acids is 1. The second kappa shape index (κ2) is 3.01. The van der Waals surface area contributed by atoms with Gasteiger partial charge in [-0.3, -0.25) is 9.00 Å². The Morgan fingerprint density at radius 1 is 1.56 bits per heavy atom. The van der Waals surface area contributed by atoms with Crippen molar-refractivity contribution in [3.8, 4) is 0 Å². The van der Waals surface area contributed by atoms with E-state index in [1.807, 2.05) is 0 Å². The van der Waals surface area contributed by atoms with Gasteiger partial charge in [0.25, 0.3) is 0 Å². The Morgan fingerprint density at radius 2 is 2.00 bits per heavy atom. The molecule has 0 heterocycles. The zero-order valence-electron chi connectivity index (χ0n) is 6.01. The molecule has 3 heteroatoms. The number of hydrogen-bond donors (Lipinski definition) is 0. The highest BCUT2D eigenvalue weighted by atomic mass is 32.2. The fourth-order valence-electron chi connectivity index (χ4n) is 0.400. The van der Waals surface area contributed by atoms with Crippen molar-refractivity contribution < 1.29 is 9.00 Å². The van der Waals surface area contributed by atoms with Crippen molar-refractivity contribution >= 4 is 20.7 Å². The maximum atomic E-state index is 10.9. The first kappa shape index (κ1) is 8.69. The summed E-state index contributed by atoms with van der Waals surface area (Å²) in [6.45, 7) is 1.75. The molecule has 0 unspecified atom stereocenters. The van der Waals surface area contributed by atoms with Crippen molar-refractivity contribution in [3.05, 3.63) is 0 Å². The summed E-state index contributed by atoms with van der Waals surface area (Å²) in [5.74, 6) is -0.0370. The Labute approximate surface area is 56.3 Å². The lowest BCUT2D eigenvalue weighted by atomic mass is 10.4. The Morgan fingerprint density at radius 3 is 2.11 bits per heavy atom. The van der Waals surface area contributed by atoms with E-state index in [0.717, 1.165) is 0 Å². The van der Waals surface area contributed by atoms with Crippen molar-refractivity contribution in [1.29, 1.82) is 0 Å². The number of ketones is 1. The molecule has 0 aliphatic heterocycles. The van der Waals surface area contributed by atoms with Crippen molar-refractivity contribution in [1.82, 2.24) is 0 Å². The van der Waals surface area contributed by atoms with Crippen LogP contribution >= 0.6 is 0 Å². The first-order valence-electron chi connectivity index (χ1n) is 2.77. The van der Waals surface area contributed by atoms with E-state index in [9.17, 15) is 9.00 Å². The summed E-state index contributed by atoms with van der Waals surface area (Å²) in [5, 5.41) is 1.30. The fraction of sp³-hybridized carbons (Fsp3) is 0.667. The molecule has 0 saturated heterocycles. The maximum Gasteiger partial charge on any atom is 0.163 e. The van der Waals surface area contributed by atoms with Crippen molar-refractivity contribution in [2.45, 2.75) is 13.3 Å². The van der Waals surface area contributed by atoms with Crippen LogP contribution in [0.15, 0.2) is 0 Å². The molecule has 0 aromatic carbocycles. The van der Waals surface area contributed by atoms with Gasteiger partial charge in [-0.25, -0.2) is 0 Å². The average molecular weight is 148 g/mol. The summed E-state index contributed by atoms with van der Waals surface area (Å²) in [6, 6.07) is 0. The number of rotatable bonds is 2. The molecule has 54 valence electrons. The van der Waals surface area contributed by atoms with E-state index in [1.54, 1.807) is 19.4 Å². The molecule has 0 amide bonds. The van der Waals surface area contributed by atoms with E-state index in [0.29, 0.717) is 6.42 Å². The summed E-state index contributed by atoms with van der Waals surface area (Å²) in [4.78, 5) is 10.6. The lowest BCUT2D eigenvalue weighted by Crippen LogP contribution is -2.06. The largest absolute Gasteiger partial charge is 0.294 e. The zero-order chi connectivity index (χ0) is 7.49. The van der Waals surface area contributed by atoms with Crippen molar-refractivity contribution in [3.63, 3.8) is 0 Å². The Bertz CT molecular complexity index is 201. The van der Waals surface area contributed by atoms with Crippen LogP contribution in [0.1, 0.15) is 13.3 Å². The standard InChI is InChI=1S/C6H12O2S/c1-4-6(7)5-9(2,3)8/h5H,4H2,1-3H3. The number of carbonyl (C=O) groups is 1. The molecule has 0 aromatic rings.